The highest BCUT2D eigenvalue weighted by molar-refractivity contribution is 6.04. The highest BCUT2D eigenvalue weighted by Gasteiger charge is 2.34. The summed E-state index contributed by atoms with van der Waals surface area (Å²) in [5, 5.41) is 2.68. The van der Waals surface area contributed by atoms with Crippen LogP contribution in [-0.2, 0) is 19.1 Å². The number of hydrogen-bond acceptors (Lipinski definition) is 7. The minimum atomic E-state index is -0.449. The Balaban J connectivity index is 1.41. The molecule has 0 radical (unpaired) electrons. The molecule has 4 rings (SSSR count). The molecule has 34 heavy (non-hydrogen) atoms. The number of aromatic nitrogens is 2. The number of anilines is 1. The van der Waals surface area contributed by atoms with Crippen molar-refractivity contribution in [2.45, 2.75) is 32.2 Å². The number of halogens is 1. The van der Waals surface area contributed by atoms with Gasteiger partial charge in [0, 0.05) is 31.4 Å². The maximum absolute atomic E-state index is 13.1. The van der Waals surface area contributed by atoms with Gasteiger partial charge in [-0.15, -0.1) is 0 Å². The molecule has 0 spiro atoms. The first kappa shape index (κ1) is 23.4. The van der Waals surface area contributed by atoms with Crippen molar-refractivity contribution in [3.05, 3.63) is 53.4 Å². The van der Waals surface area contributed by atoms with Crippen LogP contribution < -0.4 is 5.32 Å². The molecule has 0 saturated carbocycles. The summed E-state index contributed by atoms with van der Waals surface area (Å²) >= 11 is 0. The molecule has 1 atom stereocenters. The summed E-state index contributed by atoms with van der Waals surface area (Å²) in [7, 11) is 0. The van der Waals surface area contributed by atoms with Crippen LogP contribution in [0.4, 0.5) is 10.1 Å². The number of rotatable bonds is 6. The van der Waals surface area contributed by atoms with E-state index in [0.29, 0.717) is 30.2 Å². The quantitative estimate of drug-likeness (QED) is 0.638. The van der Waals surface area contributed by atoms with E-state index < -0.39 is 23.5 Å². The number of nitrogens with one attached hydrogen (secondary N) is 1. The number of amides is 4. The molecule has 1 aromatic carbocycles. The molecule has 0 bridgehead atoms. The van der Waals surface area contributed by atoms with Crippen molar-refractivity contribution < 1.29 is 28.3 Å². The SMILES string of the molecule is Cc1nc([C@@H]2CCCN2C(=O)CCN2C(=O)COCC2=O)ncc1C(=O)Nc1ccc(F)cc1. The first-order chi connectivity index (χ1) is 16.3. The molecule has 1 N–H and O–H groups in total. The molecule has 3 heterocycles. The van der Waals surface area contributed by atoms with Crippen molar-refractivity contribution >= 4 is 29.3 Å². The summed E-state index contributed by atoms with van der Waals surface area (Å²) in [6.07, 6.45) is 2.86. The number of morpholine rings is 1. The molecule has 2 aromatic rings. The van der Waals surface area contributed by atoms with Crippen LogP contribution >= 0.6 is 0 Å². The molecular formula is C23H24FN5O5. The van der Waals surface area contributed by atoms with Gasteiger partial charge < -0.3 is 15.0 Å². The standard InChI is InChI=1S/C23H24FN5O5/c1-14-17(23(33)27-16-6-4-15(24)5-7-16)11-25-22(26-14)18-3-2-9-28(18)19(30)8-10-29-20(31)12-34-13-21(29)32/h4-7,11,18H,2-3,8-10,12-13H2,1H3,(H,27,33)/t18-/m0/s1. The highest BCUT2D eigenvalue weighted by Crippen LogP contribution is 2.30. The molecule has 178 valence electrons. The minimum Gasteiger partial charge on any atom is -0.362 e. The minimum absolute atomic E-state index is 0.00508. The van der Waals surface area contributed by atoms with Gasteiger partial charge in [-0.1, -0.05) is 0 Å². The molecule has 1 aromatic heterocycles. The predicted molar refractivity (Wildman–Crippen MR) is 117 cm³/mol. The zero-order chi connectivity index (χ0) is 24.2. The van der Waals surface area contributed by atoms with Gasteiger partial charge in [-0.2, -0.15) is 0 Å². The molecule has 11 heteroatoms. The summed E-state index contributed by atoms with van der Waals surface area (Å²) < 4.78 is 18.0. The van der Waals surface area contributed by atoms with Crippen LogP contribution in [0.15, 0.2) is 30.5 Å². The van der Waals surface area contributed by atoms with E-state index in [1.165, 1.54) is 30.5 Å². The van der Waals surface area contributed by atoms with Gasteiger partial charge in [0.05, 0.1) is 17.3 Å². The first-order valence-corrected chi connectivity index (χ1v) is 10.9. The third-order valence-corrected chi connectivity index (χ3v) is 5.82. The van der Waals surface area contributed by atoms with E-state index in [4.69, 9.17) is 4.74 Å². The van der Waals surface area contributed by atoms with Crippen LogP contribution in [0.25, 0.3) is 0 Å². The fraction of sp³-hybridized carbons (Fsp3) is 0.391. The number of likely N-dealkylation sites (tertiary alicyclic amines) is 1. The third-order valence-electron chi connectivity index (χ3n) is 5.82. The first-order valence-electron chi connectivity index (χ1n) is 10.9. The molecule has 2 aliphatic rings. The van der Waals surface area contributed by atoms with Gasteiger partial charge in [0.25, 0.3) is 17.7 Å². The smallest absolute Gasteiger partial charge is 0.259 e. The molecule has 4 amide bonds. The maximum Gasteiger partial charge on any atom is 0.259 e. The van der Waals surface area contributed by atoms with Crippen molar-refractivity contribution in [1.29, 1.82) is 0 Å². The number of nitrogens with zero attached hydrogens (tertiary/aromatic N) is 4. The molecular weight excluding hydrogens is 445 g/mol. The Bertz CT molecular complexity index is 1110. The molecule has 0 aliphatic carbocycles. The van der Waals surface area contributed by atoms with Gasteiger partial charge in [-0.05, 0) is 44.0 Å². The Morgan fingerprint density at radius 3 is 2.56 bits per heavy atom. The predicted octanol–water partition coefficient (Wildman–Crippen LogP) is 1.62. The largest absolute Gasteiger partial charge is 0.362 e. The number of benzene rings is 1. The molecule has 2 aliphatic heterocycles. The number of carbonyl (C=O) groups excluding carboxylic acids is 4. The fourth-order valence-corrected chi connectivity index (χ4v) is 4.05. The van der Waals surface area contributed by atoms with Gasteiger partial charge in [0.1, 0.15) is 19.0 Å². The average molecular weight is 469 g/mol. The van der Waals surface area contributed by atoms with E-state index in [1.54, 1.807) is 11.8 Å². The fourth-order valence-electron chi connectivity index (χ4n) is 4.05. The normalized spacial score (nSPS) is 18.4. The van der Waals surface area contributed by atoms with Gasteiger partial charge in [0.15, 0.2) is 5.82 Å². The van der Waals surface area contributed by atoms with Gasteiger partial charge >= 0.3 is 0 Å². The number of ether oxygens (including phenoxy) is 1. The van der Waals surface area contributed by atoms with E-state index in [-0.39, 0.29) is 43.7 Å². The lowest BCUT2D eigenvalue weighted by molar-refractivity contribution is -0.158. The number of aryl methyl sites for hydroxylation is 1. The van der Waals surface area contributed by atoms with Gasteiger partial charge in [0.2, 0.25) is 5.91 Å². The van der Waals surface area contributed by atoms with Gasteiger partial charge in [-0.25, -0.2) is 14.4 Å². The van der Waals surface area contributed by atoms with Crippen molar-refractivity contribution in [3.8, 4) is 0 Å². The summed E-state index contributed by atoms with van der Waals surface area (Å²) in [4.78, 5) is 60.7. The zero-order valence-electron chi connectivity index (χ0n) is 18.6. The molecule has 10 nitrogen and oxygen atoms in total. The third kappa shape index (κ3) is 5.09. The van der Waals surface area contributed by atoms with E-state index >= 15 is 0 Å². The Morgan fingerprint density at radius 1 is 1.18 bits per heavy atom. The lowest BCUT2D eigenvalue weighted by atomic mass is 10.1. The summed E-state index contributed by atoms with van der Waals surface area (Å²) in [5.41, 5.74) is 1.17. The van der Waals surface area contributed by atoms with E-state index in [0.717, 1.165) is 11.3 Å². The van der Waals surface area contributed by atoms with E-state index in [9.17, 15) is 23.6 Å². The number of carbonyl (C=O) groups is 4. The van der Waals surface area contributed by atoms with Crippen molar-refractivity contribution in [2.75, 3.05) is 31.6 Å². The number of imide groups is 1. The van der Waals surface area contributed by atoms with Crippen LogP contribution in [0.5, 0.6) is 0 Å². The number of hydrogen-bond donors (Lipinski definition) is 1. The van der Waals surface area contributed by atoms with Gasteiger partial charge in [-0.3, -0.25) is 24.1 Å². The Kier molecular flexibility index (Phi) is 6.92. The van der Waals surface area contributed by atoms with Crippen LogP contribution in [0.1, 0.15) is 47.2 Å². The zero-order valence-corrected chi connectivity index (χ0v) is 18.6. The second-order valence-electron chi connectivity index (χ2n) is 8.12. The van der Waals surface area contributed by atoms with Crippen molar-refractivity contribution in [1.82, 2.24) is 19.8 Å². The highest BCUT2D eigenvalue weighted by atomic mass is 19.1. The van der Waals surface area contributed by atoms with Crippen LogP contribution in [0.2, 0.25) is 0 Å². The maximum atomic E-state index is 13.1. The van der Waals surface area contributed by atoms with Crippen LogP contribution in [-0.4, -0.2) is 69.7 Å². The lowest BCUT2D eigenvalue weighted by Gasteiger charge is -2.27. The molecule has 0 unspecified atom stereocenters. The van der Waals surface area contributed by atoms with E-state index in [1.807, 2.05) is 0 Å². The lowest BCUT2D eigenvalue weighted by Crippen LogP contribution is -2.47. The van der Waals surface area contributed by atoms with Crippen molar-refractivity contribution in [2.24, 2.45) is 0 Å². The van der Waals surface area contributed by atoms with Crippen LogP contribution in [0.3, 0.4) is 0 Å². The summed E-state index contributed by atoms with van der Waals surface area (Å²) in [6, 6.07) is 5.06. The monoisotopic (exact) mass is 469 g/mol. The topological polar surface area (TPSA) is 122 Å². The Hall–Kier alpha value is -3.73. The molecule has 2 saturated heterocycles. The Labute approximate surface area is 195 Å². The average Bonchev–Trinajstić information content (AvgIpc) is 3.30. The van der Waals surface area contributed by atoms with Crippen LogP contribution in [0, 0.1) is 12.7 Å². The second kappa shape index (κ2) is 10.0. The van der Waals surface area contributed by atoms with Crippen molar-refractivity contribution in [3.63, 3.8) is 0 Å². The summed E-state index contributed by atoms with van der Waals surface area (Å²) in [6.45, 7) is 1.87. The second-order valence-corrected chi connectivity index (χ2v) is 8.12. The molecule has 2 fully saturated rings. The summed E-state index contributed by atoms with van der Waals surface area (Å²) in [5.74, 6) is -1.49. The Morgan fingerprint density at radius 2 is 1.88 bits per heavy atom. The van der Waals surface area contributed by atoms with E-state index in [2.05, 4.69) is 15.3 Å².